The monoisotopic (exact) mass is 266 g/mol. The van der Waals surface area contributed by atoms with Gasteiger partial charge >= 0.3 is 0 Å². The number of methoxy groups -OCH3 is 2. The maximum Gasteiger partial charge on any atom is 0.251 e. The molecule has 5 heteroatoms. The molecule has 3 N–H and O–H groups in total. The van der Waals surface area contributed by atoms with Crippen molar-refractivity contribution in [1.29, 1.82) is 0 Å². The molecule has 1 atom stereocenters. The number of nitrogens with two attached hydrogens (primary N) is 1. The maximum absolute atomic E-state index is 12.0. The Bertz CT molecular complexity index is 397. The molecule has 0 saturated heterocycles. The lowest BCUT2D eigenvalue weighted by atomic mass is 10.1. The standard InChI is InChI=1S/C14H22N2O3/c1-10(15)5-4-6-16-14(17)11-7-12(18-2)9-13(8-11)19-3/h7-10H,4-6,15H2,1-3H3,(H,16,17). The van der Waals surface area contributed by atoms with Gasteiger partial charge in [-0.1, -0.05) is 0 Å². The summed E-state index contributed by atoms with van der Waals surface area (Å²) in [4.78, 5) is 12.0. The third-order valence-corrected chi connectivity index (χ3v) is 2.74. The molecule has 0 aliphatic carbocycles. The quantitative estimate of drug-likeness (QED) is 0.735. The first-order valence-electron chi connectivity index (χ1n) is 6.33. The van der Waals surface area contributed by atoms with Crippen LogP contribution in [0.2, 0.25) is 0 Å². The average molecular weight is 266 g/mol. The normalized spacial score (nSPS) is 11.8. The zero-order chi connectivity index (χ0) is 14.3. The van der Waals surface area contributed by atoms with E-state index in [1.807, 2.05) is 6.92 Å². The highest BCUT2D eigenvalue weighted by atomic mass is 16.5. The number of carbonyl (C=O) groups excluding carboxylic acids is 1. The van der Waals surface area contributed by atoms with Crippen LogP contribution in [-0.4, -0.2) is 32.7 Å². The van der Waals surface area contributed by atoms with Gasteiger partial charge in [-0.05, 0) is 31.9 Å². The smallest absolute Gasteiger partial charge is 0.251 e. The number of ether oxygens (including phenoxy) is 2. The fourth-order valence-corrected chi connectivity index (χ4v) is 1.67. The fraction of sp³-hybridized carbons (Fsp3) is 0.500. The predicted octanol–water partition coefficient (Wildman–Crippen LogP) is 1.56. The van der Waals surface area contributed by atoms with E-state index < -0.39 is 0 Å². The van der Waals surface area contributed by atoms with Gasteiger partial charge in [0.25, 0.3) is 5.91 Å². The van der Waals surface area contributed by atoms with Crippen LogP contribution in [0.5, 0.6) is 11.5 Å². The molecule has 5 nitrogen and oxygen atoms in total. The number of benzene rings is 1. The van der Waals surface area contributed by atoms with Crippen LogP contribution in [0.25, 0.3) is 0 Å². The average Bonchev–Trinajstić information content (AvgIpc) is 2.42. The molecule has 1 rings (SSSR count). The number of nitrogens with one attached hydrogen (secondary N) is 1. The molecule has 0 aliphatic heterocycles. The summed E-state index contributed by atoms with van der Waals surface area (Å²) in [5, 5.41) is 2.85. The lowest BCUT2D eigenvalue weighted by molar-refractivity contribution is 0.0952. The van der Waals surface area contributed by atoms with Crippen molar-refractivity contribution in [2.45, 2.75) is 25.8 Å². The van der Waals surface area contributed by atoms with Gasteiger partial charge < -0.3 is 20.5 Å². The highest BCUT2D eigenvalue weighted by molar-refractivity contribution is 5.95. The third kappa shape index (κ3) is 5.18. The molecule has 0 fully saturated rings. The summed E-state index contributed by atoms with van der Waals surface area (Å²) in [6.45, 7) is 2.56. The molecule has 0 saturated carbocycles. The molecule has 1 aromatic rings. The van der Waals surface area contributed by atoms with Gasteiger partial charge in [-0.15, -0.1) is 0 Å². The van der Waals surface area contributed by atoms with Gasteiger partial charge in [0.15, 0.2) is 0 Å². The van der Waals surface area contributed by atoms with Crippen LogP contribution >= 0.6 is 0 Å². The second kappa shape index (κ2) is 7.63. The number of hydrogen-bond donors (Lipinski definition) is 2. The van der Waals surface area contributed by atoms with Crippen LogP contribution in [0.15, 0.2) is 18.2 Å². The minimum Gasteiger partial charge on any atom is -0.497 e. The van der Waals surface area contributed by atoms with E-state index in [0.717, 1.165) is 12.8 Å². The van der Waals surface area contributed by atoms with Gasteiger partial charge in [0.2, 0.25) is 0 Å². The van der Waals surface area contributed by atoms with Gasteiger partial charge in [-0.3, -0.25) is 4.79 Å². The lowest BCUT2D eigenvalue weighted by Crippen LogP contribution is -2.26. The Balaban J connectivity index is 2.60. The SMILES string of the molecule is COc1cc(OC)cc(C(=O)NCCCC(C)N)c1. The van der Waals surface area contributed by atoms with Crippen LogP contribution in [0, 0.1) is 0 Å². The molecular formula is C14H22N2O3. The number of amides is 1. The van der Waals surface area contributed by atoms with Crippen molar-refractivity contribution in [3.63, 3.8) is 0 Å². The van der Waals surface area contributed by atoms with E-state index in [9.17, 15) is 4.79 Å². The van der Waals surface area contributed by atoms with Crippen molar-refractivity contribution < 1.29 is 14.3 Å². The molecule has 1 unspecified atom stereocenters. The van der Waals surface area contributed by atoms with Crippen molar-refractivity contribution in [2.75, 3.05) is 20.8 Å². The van der Waals surface area contributed by atoms with Crippen molar-refractivity contribution >= 4 is 5.91 Å². The van der Waals surface area contributed by atoms with E-state index in [-0.39, 0.29) is 11.9 Å². The van der Waals surface area contributed by atoms with Gasteiger partial charge in [-0.25, -0.2) is 0 Å². The van der Waals surface area contributed by atoms with Crippen molar-refractivity contribution in [1.82, 2.24) is 5.32 Å². The fourth-order valence-electron chi connectivity index (χ4n) is 1.67. The molecule has 0 bridgehead atoms. The summed E-state index contributed by atoms with van der Waals surface area (Å²) in [6.07, 6.45) is 1.76. The summed E-state index contributed by atoms with van der Waals surface area (Å²) in [5.74, 6) is 1.06. The van der Waals surface area contributed by atoms with Crippen LogP contribution in [0.1, 0.15) is 30.1 Å². The van der Waals surface area contributed by atoms with E-state index in [2.05, 4.69) is 5.32 Å². The topological polar surface area (TPSA) is 73.6 Å². The Morgan fingerprint density at radius 2 is 1.84 bits per heavy atom. The summed E-state index contributed by atoms with van der Waals surface area (Å²) in [6, 6.07) is 5.26. The summed E-state index contributed by atoms with van der Waals surface area (Å²) < 4.78 is 10.3. The van der Waals surface area contributed by atoms with Crippen molar-refractivity contribution in [3.05, 3.63) is 23.8 Å². The van der Waals surface area contributed by atoms with Crippen LogP contribution in [-0.2, 0) is 0 Å². The molecule has 106 valence electrons. The summed E-state index contributed by atoms with van der Waals surface area (Å²) >= 11 is 0. The minimum absolute atomic E-state index is 0.137. The highest BCUT2D eigenvalue weighted by Gasteiger charge is 2.09. The first kappa shape index (κ1) is 15.3. The minimum atomic E-state index is -0.137. The van der Waals surface area contributed by atoms with E-state index >= 15 is 0 Å². The third-order valence-electron chi connectivity index (χ3n) is 2.74. The molecule has 1 amide bonds. The van der Waals surface area contributed by atoms with Crippen LogP contribution in [0.4, 0.5) is 0 Å². The second-order valence-corrected chi connectivity index (χ2v) is 4.48. The number of rotatable bonds is 7. The zero-order valence-corrected chi connectivity index (χ0v) is 11.7. The van der Waals surface area contributed by atoms with E-state index in [1.165, 1.54) is 0 Å². The molecule has 0 radical (unpaired) electrons. The molecule has 1 aromatic carbocycles. The number of carbonyl (C=O) groups is 1. The molecule has 19 heavy (non-hydrogen) atoms. The van der Waals surface area contributed by atoms with Crippen molar-refractivity contribution in [3.8, 4) is 11.5 Å². The van der Waals surface area contributed by atoms with Crippen LogP contribution in [0.3, 0.4) is 0 Å². The number of hydrogen-bond acceptors (Lipinski definition) is 4. The molecule has 0 aromatic heterocycles. The van der Waals surface area contributed by atoms with Gasteiger partial charge in [0.05, 0.1) is 14.2 Å². The molecule has 0 heterocycles. The van der Waals surface area contributed by atoms with Gasteiger partial charge in [-0.2, -0.15) is 0 Å². The summed E-state index contributed by atoms with van der Waals surface area (Å²) in [7, 11) is 3.11. The Labute approximate surface area is 114 Å². The Kier molecular flexibility index (Phi) is 6.15. The van der Waals surface area contributed by atoms with Gasteiger partial charge in [0, 0.05) is 24.2 Å². The van der Waals surface area contributed by atoms with E-state index in [1.54, 1.807) is 32.4 Å². The Morgan fingerprint density at radius 1 is 1.26 bits per heavy atom. The zero-order valence-electron chi connectivity index (χ0n) is 11.7. The molecular weight excluding hydrogens is 244 g/mol. The largest absolute Gasteiger partial charge is 0.497 e. The predicted molar refractivity (Wildman–Crippen MR) is 74.8 cm³/mol. The molecule has 0 spiro atoms. The second-order valence-electron chi connectivity index (χ2n) is 4.48. The Hall–Kier alpha value is -1.75. The lowest BCUT2D eigenvalue weighted by Gasteiger charge is -2.10. The first-order valence-corrected chi connectivity index (χ1v) is 6.33. The molecule has 0 aliphatic rings. The van der Waals surface area contributed by atoms with Crippen molar-refractivity contribution in [2.24, 2.45) is 5.73 Å². The first-order chi connectivity index (χ1) is 9.06. The van der Waals surface area contributed by atoms with Crippen LogP contribution < -0.4 is 20.5 Å². The maximum atomic E-state index is 12.0. The van der Waals surface area contributed by atoms with E-state index in [0.29, 0.717) is 23.6 Å². The Morgan fingerprint density at radius 3 is 2.32 bits per heavy atom. The van der Waals surface area contributed by atoms with Gasteiger partial charge in [0.1, 0.15) is 11.5 Å². The highest BCUT2D eigenvalue weighted by Crippen LogP contribution is 2.22. The van der Waals surface area contributed by atoms with E-state index in [4.69, 9.17) is 15.2 Å². The summed E-state index contributed by atoms with van der Waals surface area (Å²) in [5.41, 5.74) is 6.18.